The van der Waals surface area contributed by atoms with E-state index in [-0.39, 0.29) is 40.2 Å². The van der Waals surface area contributed by atoms with Crippen molar-refractivity contribution in [2.75, 3.05) is 13.7 Å². The number of aliphatic hydroxyl groups excluding tert-OH is 4. The van der Waals surface area contributed by atoms with Crippen molar-refractivity contribution in [3.05, 3.63) is 75.1 Å². The summed E-state index contributed by atoms with van der Waals surface area (Å²) in [6, 6.07) is 9.11. The molecule has 0 spiro atoms. The van der Waals surface area contributed by atoms with Crippen LogP contribution in [-0.2, 0) is 20.7 Å². The van der Waals surface area contributed by atoms with Gasteiger partial charge in [-0.25, -0.2) is 4.79 Å². The van der Waals surface area contributed by atoms with Crippen molar-refractivity contribution in [2.45, 2.75) is 56.9 Å². The molecule has 1 aromatic heterocycles. The highest BCUT2D eigenvalue weighted by Gasteiger charge is 2.46. The van der Waals surface area contributed by atoms with Crippen molar-refractivity contribution in [2.24, 2.45) is 0 Å². The fraction of sp³-hybridized carbons (Fsp3) is 0.379. The number of carbonyl (C=O) groups is 1. The van der Waals surface area contributed by atoms with Gasteiger partial charge in [-0.05, 0) is 49.2 Å². The van der Waals surface area contributed by atoms with Gasteiger partial charge in [0.15, 0.2) is 5.43 Å². The Hall–Kier alpha value is -3.74. The monoisotopic (exact) mass is 556 g/mol. The van der Waals surface area contributed by atoms with Gasteiger partial charge in [0.05, 0.1) is 24.7 Å². The zero-order valence-corrected chi connectivity index (χ0v) is 22.2. The van der Waals surface area contributed by atoms with Crippen LogP contribution >= 0.6 is 0 Å². The van der Waals surface area contributed by atoms with Crippen LogP contribution < -0.4 is 10.2 Å². The minimum atomic E-state index is -1.65. The molecule has 5 N–H and O–H groups in total. The topological polar surface area (TPSA) is 176 Å². The van der Waals surface area contributed by atoms with Crippen LogP contribution in [0.15, 0.2) is 51.7 Å². The molecule has 0 aliphatic carbocycles. The molecule has 6 atom stereocenters. The summed E-state index contributed by atoms with van der Waals surface area (Å²) in [6.07, 6.45) is -5.24. The molecule has 0 saturated carbocycles. The third-order valence-electron chi connectivity index (χ3n) is 6.76. The molecule has 2 heterocycles. The number of aryl methyl sites for hydroxylation is 1. The number of phenolic OH excluding ortho intramolecular Hbond substituents is 1. The van der Waals surface area contributed by atoms with Crippen LogP contribution in [0.4, 0.5) is 0 Å². The molecule has 0 amide bonds. The summed E-state index contributed by atoms with van der Waals surface area (Å²) >= 11 is 0. The van der Waals surface area contributed by atoms with Gasteiger partial charge in [-0.15, -0.1) is 0 Å². The van der Waals surface area contributed by atoms with Crippen LogP contribution in [0.3, 0.4) is 0 Å². The Morgan fingerprint density at radius 2 is 1.80 bits per heavy atom. The first kappa shape index (κ1) is 29.2. The van der Waals surface area contributed by atoms with E-state index < -0.39 is 54.6 Å². The van der Waals surface area contributed by atoms with E-state index in [0.717, 1.165) is 0 Å². The Bertz CT molecular complexity index is 1440. The lowest BCUT2D eigenvalue weighted by Crippen LogP contribution is -2.55. The van der Waals surface area contributed by atoms with E-state index in [9.17, 15) is 35.1 Å². The van der Waals surface area contributed by atoms with Gasteiger partial charge >= 0.3 is 5.97 Å². The van der Waals surface area contributed by atoms with Crippen LogP contribution in [0.1, 0.15) is 35.5 Å². The van der Waals surface area contributed by atoms with Crippen molar-refractivity contribution >= 4 is 23.0 Å². The molecule has 0 bridgehead atoms. The lowest BCUT2D eigenvalue weighted by atomic mass is 9.89. The van der Waals surface area contributed by atoms with Crippen molar-refractivity contribution in [3.63, 3.8) is 0 Å². The predicted molar refractivity (Wildman–Crippen MR) is 143 cm³/mol. The number of phenols is 1. The third-order valence-corrected chi connectivity index (χ3v) is 6.76. The molecule has 3 aromatic rings. The maximum atomic E-state index is 13.2. The molecule has 1 fully saturated rings. The van der Waals surface area contributed by atoms with Crippen LogP contribution in [0.2, 0.25) is 0 Å². The third kappa shape index (κ3) is 6.03. The number of esters is 1. The Kier molecular flexibility index (Phi) is 8.92. The molecule has 11 nitrogen and oxygen atoms in total. The van der Waals surface area contributed by atoms with E-state index in [2.05, 4.69) is 0 Å². The molecule has 2 aromatic carbocycles. The van der Waals surface area contributed by atoms with Gasteiger partial charge in [0, 0.05) is 18.6 Å². The number of fused-ring (bicyclic) bond motifs is 1. The number of aliphatic hydroxyl groups is 4. The molecule has 1 saturated heterocycles. The van der Waals surface area contributed by atoms with Gasteiger partial charge in [0.25, 0.3) is 0 Å². The number of methoxy groups -OCH3 is 1. The van der Waals surface area contributed by atoms with E-state index in [1.165, 1.54) is 37.5 Å². The quantitative estimate of drug-likeness (QED) is 0.201. The Morgan fingerprint density at radius 1 is 1.10 bits per heavy atom. The SMILES string of the molecule is COc1cc(C)c2c(=O)cc(C[C@@H](C)OC(=O)C=Cc3ccc(O)cc3)oc2c1[C@@H]1O[C@H](CO)[C@@H](O)[C@H](O)[C@H]1O. The molecule has 1 aliphatic heterocycles. The highest BCUT2D eigenvalue weighted by atomic mass is 16.6. The van der Waals surface area contributed by atoms with Gasteiger partial charge in [0.2, 0.25) is 0 Å². The Balaban J connectivity index is 1.65. The average molecular weight is 557 g/mol. The number of hydrogen-bond donors (Lipinski definition) is 5. The molecule has 0 radical (unpaired) electrons. The van der Waals surface area contributed by atoms with Crippen LogP contribution in [0.25, 0.3) is 17.0 Å². The summed E-state index contributed by atoms with van der Waals surface area (Å²) in [5.74, 6) is -0.136. The van der Waals surface area contributed by atoms with Crippen LogP contribution in [-0.4, -0.2) is 75.7 Å². The van der Waals surface area contributed by atoms with E-state index in [4.69, 9.17) is 18.6 Å². The lowest BCUT2D eigenvalue weighted by molar-refractivity contribution is -0.231. The second kappa shape index (κ2) is 12.2. The van der Waals surface area contributed by atoms with Crippen LogP contribution in [0.5, 0.6) is 11.5 Å². The highest BCUT2D eigenvalue weighted by Crippen LogP contribution is 2.41. The van der Waals surface area contributed by atoms with E-state index >= 15 is 0 Å². The lowest BCUT2D eigenvalue weighted by Gasteiger charge is -2.40. The van der Waals surface area contributed by atoms with Crippen LogP contribution in [0, 0.1) is 6.92 Å². The predicted octanol–water partition coefficient (Wildman–Crippen LogP) is 1.52. The zero-order valence-electron chi connectivity index (χ0n) is 22.2. The number of hydrogen-bond acceptors (Lipinski definition) is 11. The molecule has 11 heteroatoms. The summed E-state index contributed by atoms with van der Waals surface area (Å²) < 4.78 is 22.8. The van der Waals surface area contributed by atoms with Gasteiger partial charge in [-0.3, -0.25) is 4.79 Å². The number of carbonyl (C=O) groups excluding carboxylic acids is 1. The van der Waals surface area contributed by atoms with Gasteiger partial charge in [0.1, 0.15) is 59.5 Å². The number of ether oxygens (including phenoxy) is 3. The number of aromatic hydroxyl groups is 1. The second-order valence-electron chi connectivity index (χ2n) is 9.72. The molecule has 4 rings (SSSR count). The second-order valence-corrected chi connectivity index (χ2v) is 9.72. The first-order chi connectivity index (χ1) is 19.0. The largest absolute Gasteiger partial charge is 0.508 e. The Labute approximate surface area is 229 Å². The minimum absolute atomic E-state index is 0.0361. The summed E-state index contributed by atoms with van der Waals surface area (Å²) in [6.45, 7) is 2.68. The standard InChI is InChI=1S/C29H32O11/c1-14-10-20(37-3)24(29-27(36)26(35)25(34)21(13-30)40-29)28-23(14)19(32)12-18(39-28)11-15(2)38-22(33)9-6-16-4-7-17(31)8-5-16/h4-10,12,15,21,25-27,29-31,34-36H,11,13H2,1-3H3/t15-,21-,25-,26+,27-,29+/m1/s1. The fourth-order valence-electron chi connectivity index (χ4n) is 4.75. The van der Waals surface area contributed by atoms with Crippen molar-refractivity contribution in [3.8, 4) is 11.5 Å². The molecular weight excluding hydrogens is 524 g/mol. The van der Waals surface area contributed by atoms with E-state index in [1.807, 2.05) is 0 Å². The molecule has 0 unspecified atom stereocenters. The van der Waals surface area contributed by atoms with Gasteiger partial charge < -0.3 is 44.2 Å². The zero-order chi connectivity index (χ0) is 29.1. The molecule has 214 valence electrons. The van der Waals surface area contributed by atoms with E-state index in [0.29, 0.717) is 11.1 Å². The average Bonchev–Trinajstić information content (AvgIpc) is 2.91. The maximum absolute atomic E-state index is 13.2. The summed E-state index contributed by atoms with van der Waals surface area (Å²) in [5.41, 5.74) is 0.982. The first-order valence-electron chi connectivity index (χ1n) is 12.7. The Morgan fingerprint density at radius 3 is 2.45 bits per heavy atom. The fourth-order valence-corrected chi connectivity index (χ4v) is 4.75. The van der Waals surface area contributed by atoms with Crippen molar-refractivity contribution < 1.29 is 49.0 Å². The molecule has 40 heavy (non-hydrogen) atoms. The summed E-state index contributed by atoms with van der Waals surface area (Å²) in [7, 11) is 1.38. The van der Waals surface area contributed by atoms with Gasteiger partial charge in [-0.1, -0.05) is 12.1 Å². The summed E-state index contributed by atoms with van der Waals surface area (Å²) in [4.78, 5) is 25.5. The summed E-state index contributed by atoms with van der Waals surface area (Å²) in [5, 5.41) is 50.6. The van der Waals surface area contributed by atoms with Crippen molar-refractivity contribution in [1.29, 1.82) is 0 Å². The number of rotatable bonds is 8. The normalized spacial score (nSPS) is 23.8. The highest BCUT2D eigenvalue weighted by molar-refractivity contribution is 5.87. The van der Waals surface area contributed by atoms with Gasteiger partial charge in [-0.2, -0.15) is 0 Å². The number of benzene rings is 2. The molecule has 1 aliphatic rings. The maximum Gasteiger partial charge on any atom is 0.331 e. The molecular formula is C29H32O11. The van der Waals surface area contributed by atoms with Crippen molar-refractivity contribution in [1.82, 2.24) is 0 Å². The minimum Gasteiger partial charge on any atom is -0.508 e. The first-order valence-corrected chi connectivity index (χ1v) is 12.7. The smallest absolute Gasteiger partial charge is 0.331 e. The van der Waals surface area contributed by atoms with E-state index in [1.54, 1.807) is 32.0 Å².